The quantitative estimate of drug-likeness (QED) is 0.180. The third kappa shape index (κ3) is 8.12. The van der Waals surface area contributed by atoms with Gasteiger partial charge in [0.2, 0.25) is 23.2 Å². The van der Waals surface area contributed by atoms with Crippen LogP contribution in [0, 0.1) is 5.92 Å². The number of amides is 4. The van der Waals surface area contributed by atoms with E-state index in [1.165, 1.54) is 48.0 Å². The number of sulfone groups is 1. The molecule has 3 atom stereocenters. The van der Waals surface area contributed by atoms with Gasteiger partial charge < -0.3 is 31.4 Å². The molecule has 5 rings (SSSR count). The van der Waals surface area contributed by atoms with Gasteiger partial charge in [-0.15, -0.1) is 5.10 Å². The Kier molecular flexibility index (Phi) is 10.6. The molecule has 0 aromatic carbocycles. The number of aliphatic hydroxyl groups is 1. The molecule has 272 valence electrons. The fourth-order valence-electron chi connectivity index (χ4n) is 7.26. The number of nitrogens with zero attached hydrogens (tertiary/aromatic N) is 4. The molecule has 2 aromatic heterocycles. The predicted molar refractivity (Wildman–Crippen MR) is 177 cm³/mol. The van der Waals surface area contributed by atoms with Crippen molar-refractivity contribution in [2.75, 3.05) is 18.1 Å². The highest BCUT2D eigenvalue weighted by Gasteiger charge is 2.50. The lowest BCUT2D eigenvalue weighted by Gasteiger charge is -2.37. The number of hydrogen-bond donors (Lipinski definition) is 5. The smallest absolute Gasteiger partial charge is 0.287 e. The lowest BCUT2D eigenvalue weighted by Crippen LogP contribution is -2.64. The number of H-pyrrole nitrogens is 1. The van der Waals surface area contributed by atoms with Gasteiger partial charge in [0.05, 0.1) is 35.0 Å². The van der Waals surface area contributed by atoms with E-state index in [4.69, 9.17) is 5.73 Å². The first-order valence-electron chi connectivity index (χ1n) is 16.8. The van der Waals surface area contributed by atoms with Crippen LogP contribution in [0.4, 0.5) is 0 Å². The fraction of sp³-hybridized carbons (Fsp3) is 0.625. The third-order valence-corrected chi connectivity index (χ3v) is 11.7. The van der Waals surface area contributed by atoms with E-state index in [1.54, 1.807) is 0 Å². The summed E-state index contributed by atoms with van der Waals surface area (Å²) in [6.45, 7) is 2.98. The van der Waals surface area contributed by atoms with Crippen molar-refractivity contribution >= 4 is 39.2 Å². The molecule has 50 heavy (non-hydrogen) atoms. The van der Waals surface area contributed by atoms with Crippen LogP contribution in [0.25, 0.3) is 0 Å². The number of primary amides is 1. The number of carbonyl (C=O) groups is 5. The topological polar surface area (TPSA) is 257 Å². The van der Waals surface area contributed by atoms with Crippen LogP contribution in [0.3, 0.4) is 0 Å². The van der Waals surface area contributed by atoms with Crippen LogP contribution in [0.15, 0.2) is 29.3 Å². The maximum Gasteiger partial charge on any atom is 0.287 e. The largest absolute Gasteiger partial charge is 0.384 e. The minimum Gasteiger partial charge on any atom is -0.384 e. The van der Waals surface area contributed by atoms with Gasteiger partial charge >= 0.3 is 0 Å². The van der Waals surface area contributed by atoms with E-state index in [0.717, 1.165) is 32.1 Å². The SMILES string of the molecule is CC(C)(O)c1cnnn1[C@H]1C[C@@H](C(=O)NC2(C(=O)C(N)=O)CCS(=O)(=O)CC2)N(C(=O)C(CC2CCCCC2)NC(=O)c2ccc(=O)[nH]c2)C1. The average molecular weight is 717 g/mol. The number of nitrogens with one attached hydrogen (secondary N) is 3. The molecule has 2 aromatic rings. The first-order chi connectivity index (χ1) is 23.5. The molecule has 1 saturated carbocycles. The summed E-state index contributed by atoms with van der Waals surface area (Å²) in [6, 6.07) is -0.506. The second kappa shape index (κ2) is 14.4. The highest BCUT2D eigenvalue weighted by Crippen LogP contribution is 2.34. The summed E-state index contributed by atoms with van der Waals surface area (Å²) in [5.41, 5.74) is 2.09. The minimum atomic E-state index is -3.53. The van der Waals surface area contributed by atoms with Crippen LogP contribution < -0.4 is 21.9 Å². The number of aromatic nitrogens is 4. The van der Waals surface area contributed by atoms with Crippen LogP contribution >= 0.6 is 0 Å². The first kappa shape index (κ1) is 36.8. The van der Waals surface area contributed by atoms with Gasteiger partial charge in [0.25, 0.3) is 11.8 Å². The molecule has 2 saturated heterocycles. The lowest BCUT2D eigenvalue weighted by atomic mass is 9.84. The molecule has 2 aliphatic heterocycles. The second-order valence-corrected chi connectivity index (χ2v) is 16.4. The molecule has 3 fully saturated rings. The van der Waals surface area contributed by atoms with Crippen molar-refractivity contribution < 1.29 is 37.5 Å². The van der Waals surface area contributed by atoms with Gasteiger partial charge in [-0.25, -0.2) is 13.1 Å². The van der Waals surface area contributed by atoms with Crippen molar-refractivity contribution in [3.63, 3.8) is 0 Å². The summed E-state index contributed by atoms with van der Waals surface area (Å²) in [7, 11) is -3.53. The number of aromatic amines is 1. The zero-order valence-electron chi connectivity index (χ0n) is 28.1. The van der Waals surface area contributed by atoms with Gasteiger partial charge in [-0.2, -0.15) is 0 Å². The van der Waals surface area contributed by atoms with E-state index in [-0.39, 0.29) is 43.7 Å². The number of Topliss-reactive ketones (excluding diaryl/α,β-unsaturated/α-hetero) is 1. The number of carbonyl (C=O) groups excluding carboxylic acids is 5. The molecule has 3 aliphatic rings. The Balaban J connectivity index is 1.50. The van der Waals surface area contributed by atoms with Crippen molar-refractivity contribution in [3.8, 4) is 0 Å². The molecular formula is C32H44N8O9S. The zero-order chi connectivity index (χ0) is 36.4. The van der Waals surface area contributed by atoms with Crippen LogP contribution in [-0.2, 0) is 34.6 Å². The fourth-order valence-corrected chi connectivity index (χ4v) is 8.78. The molecule has 0 radical (unpaired) electrons. The van der Waals surface area contributed by atoms with Gasteiger partial charge in [-0.05, 0) is 45.1 Å². The van der Waals surface area contributed by atoms with Crippen molar-refractivity contribution in [2.24, 2.45) is 11.7 Å². The molecule has 4 amide bonds. The summed E-state index contributed by atoms with van der Waals surface area (Å²) in [4.78, 5) is 82.8. The third-order valence-electron chi connectivity index (χ3n) is 10.1. The Labute approximate surface area is 288 Å². The number of likely N-dealkylation sites (tertiary alicyclic amines) is 1. The van der Waals surface area contributed by atoms with Gasteiger partial charge in [-0.3, -0.25) is 28.8 Å². The van der Waals surface area contributed by atoms with E-state index in [1.807, 2.05) is 0 Å². The van der Waals surface area contributed by atoms with E-state index < -0.39 is 85.6 Å². The average Bonchev–Trinajstić information content (AvgIpc) is 3.74. The first-order valence-corrected chi connectivity index (χ1v) is 18.6. The molecule has 0 bridgehead atoms. The van der Waals surface area contributed by atoms with Gasteiger partial charge in [0.15, 0.2) is 9.84 Å². The molecule has 1 unspecified atom stereocenters. The monoisotopic (exact) mass is 716 g/mol. The number of hydrogen-bond acceptors (Lipinski definition) is 11. The number of pyridine rings is 1. The van der Waals surface area contributed by atoms with Gasteiger partial charge in [0, 0.05) is 25.2 Å². The highest BCUT2D eigenvalue weighted by molar-refractivity contribution is 7.91. The maximum absolute atomic E-state index is 14.6. The normalized spacial score (nSPS) is 22.7. The molecule has 0 spiro atoms. The zero-order valence-corrected chi connectivity index (χ0v) is 28.9. The number of nitrogens with two attached hydrogens (primary N) is 1. The Morgan fingerprint density at radius 2 is 1.80 bits per heavy atom. The number of rotatable bonds is 11. The predicted octanol–water partition coefficient (Wildman–Crippen LogP) is -0.777. The summed E-state index contributed by atoms with van der Waals surface area (Å²) >= 11 is 0. The molecule has 18 heteroatoms. The Morgan fingerprint density at radius 3 is 2.40 bits per heavy atom. The van der Waals surface area contributed by atoms with Crippen LogP contribution in [0.1, 0.15) is 93.7 Å². The minimum absolute atomic E-state index is 0.0484. The van der Waals surface area contributed by atoms with E-state index in [0.29, 0.717) is 5.69 Å². The molecule has 6 N–H and O–H groups in total. The summed E-state index contributed by atoms with van der Waals surface area (Å²) in [5.74, 6) is -5.30. The molecule has 17 nitrogen and oxygen atoms in total. The van der Waals surface area contributed by atoms with Crippen molar-refractivity contribution in [1.82, 2.24) is 35.5 Å². The highest BCUT2D eigenvalue weighted by atomic mass is 32.2. The van der Waals surface area contributed by atoms with Crippen LogP contribution in [0.2, 0.25) is 0 Å². The van der Waals surface area contributed by atoms with Crippen molar-refractivity contribution in [1.29, 1.82) is 0 Å². The summed E-state index contributed by atoms with van der Waals surface area (Å²) < 4.78 is 26.0. The molecular weight excluding hydrogens is 672 g/mol. The summed E-state index contributed by atoms with van der Waals surface area (Å²) in [6.07, 6.45) is 6.78. The maximum atomic E-state index is 14.6. The Morgan fingerprint density at radius 1 is 1.12 bits per heavy atom. The molecule has 1 aliphatic carbocycles. The van der Waals surface area contributed by atoms with Gasteiger partial charge in [-0.1, -0.05) is 37.3 Å². The Bertz CT molecular complexity index is 1770. The number of ketones is 1. The van der Waals surface area contributed by atoms with Crippen molar-refractivity contribution in [2.45, 2.75) is 101 Å². The van der Waals surface area contributed by atoms with E-state index >= 15 is 0 Å². The Hall–Kier alpha value is -4.45. The van der Waals surface area contributed by atoms with Gasteiger partial charge in [0.1, 0.15) is 23.2 Å². The standard InChI is InChI=1S/C32H44N8O9S/c1-31(2,47)24-17-35-38-40(24)21-15-23(29(45)37-32(26(42)27(33)43)10-12-50(48,49)13-11-32)39(18-21)30(46)22(14-19-6-4-3-5-7-19)36-28(44)20-8-9-25(41)34-16-20/h8-9,16-17,19,21-23,47H,3-7,10-15,18H2,1-2H3,(H2,33,43)(H,34,41)(H,36,44)(H,37,45)/t21-,22?,23-/m0/s1. The van der Waals surface area contributed by atoms with Crippen molar-refractivity contribution in [3.05, 3.63) is 46.1 Å². The molecule has 4 heterocycles. The van der Waals surface area contributed by atoms with Crippen LogP contribution in [0.5, 0.6) is 0 Å². The van der Waals surface area contributed by atoms with E-state index in [2.05, 4.69) is 25.9 Å². The van der Waals surface area contributed by atoms with E-state index in [9.17, 15) is 42.3 Å². The van der Waals surface area contributed by atoms with Crippen LogP contribution in [-0.4, -0.2) is 103 Å². The summed E-state index contributed by atoms with van der Waals surface area (Å²) in [5, 5.41) is 24.3. The lowest BCUT2D eigenvalue weighted by molar-refractivity contribution is -0.145. The second-order valence-electron chi connectivity index (χ2n) is 14.1.